The van der Waals surface area contributed by atoms with Crippen molar-refractivity contribution in [3.05, 3.63) is 18.2 Å². The third kappa shape index (κ3) is 9.43. The first kappa shape index (κ1) is 29.0. The summed E-state index contributed by atoms with van der Waals surface area (Å²) in [5.74, 6) is -3.80. The van der Waals surface area contributed by atoms with E-state index in [4.69, 9.17) is 11.5 Å². The van der Waals surface area contributed by atoms with Crippen LogP contribution < -0.4 is 27.4 Å². The molecule has 0 saturated heterocycles. The number of carbonyl (C=O) groups is 4. The number of rotatable bonds is 15. The van der Waals surface area contributed by atoms with Crippen molar-refractivity contribution in [2.24, 2.45) is 11.5 Å². The van der Waals surface area contributed by atoms with Gasteiger partial charge < -0.3 is 47.7 Å². The quantitative estimate of drug-likeness (QED) is 0.112. The number of amides is 3. The SMILES string of the molecule is CC(O)C(N)C(=O)NC(C(=O)NC(Cc1cnc[nH]1)C(=O)NC(CCCCN)C(=O)O)C(C)O. The molecule has 1 aromatic heterocycles. The van der Waals surface area contributed by atoms with E-state index in [0.29, 0.717) is 25.1 Å². The summed E-state index contributed by atoms with van der Waals surface area (Å²) in [7, 11) is 0. The lowest BCUT2D eigenvalue weighted by atomic mass is 10.1. The summed E-state index contributed by atoms with van der Waals surface area (Å²) >= 11 is 0. The fourth-order valence-electron chi connectivity index (χ4n) is 2.98. The van der Waals surface area contributed by atoms with Crippen LogP contribution in [0.2, 0.25) is 0 Å². The molecule has 0 aromatic carbocycles. The molecule has 0 aliphatic rings. The third-order valence-corrected chi connectivity index (χ3v) is 5.06. The van der Waals surface area contributed by atoms with E-state index in [-0.39, 0.29) is 12.8 Å². The summed E-state index contributed by atoms with van der Waals surface area (Å²) in [5, 5.41) is 36.0. The maximum Gasteiger partial charge on any atom is 0.326 e. The van der Waals surface area contributed by atoms with Crippen LogP contribution in [0.5, 0.6) is 0 Å². The Labute approximate surface area is 196 Å². The van der Waals surface area contributed by atoms with E-state index >= 15 is 0 Å². The maximum atomic E-state index is 12.9. The number of aliphatic hydroxyl groups is 2. The zero-order valence-corrected chi connectivity index (χ0v) is 19.2. The van der Waals surface area contributed by atoms with Crippen molar-refractivity contribution < 1.29 is 34.5 Å². The van der Waals surface area contributed by atoms with Crippen molar-refractivity contribution >= 4 is 23.7 Å². The van der Waals surface area contributed by atoms with Crippen LogP contribution in [0, 0.1) is 0 Å². The van der Waals surface area contributed by atoms with Gasteiger partial charge in [-0.3, -0.25) is 14.4 Å². The molecule has 0 saturated carbocycles. The van der Waals surface area contributed by atoms with Crippen molar-refractivity contribution in [3.63, 3.8) is 0 Å². The number of nitrogens with zero attached hydrogens (tertiary/aromatic N) is 1. The second kappa shape index (κ2) is 14.2. The summed E-state index contributed by atoms with van der Waals surface area (Å²) in [5.41, 5.74) is 11.5. The Hall–Kier alpha value is -3.07. The summed E-state index contributed by atoms with van der Waals surface area (Å²) in [6.45, 7) is 2.92. The Balaban J connectivity index is 3.01. The summed E-state index contributed by atoms with van der Waals surface area (Å²) < 4.78 is 0. The zero-order valence-electron chi connectivity index (χ0n) is 19.2. The van der Waals surface area contributed by atoms with E-state index in [1.54, 1.807) is 0 Å². The molecule has 1 rings (SSSR count). The van der Waals surface area contributed by atoms with Gasteiger partial charge in [-0.25, -0.2) is 9.78 Å². The maximum absolute atomic E-state index is 12.9. The molecule has 0 aliphatic carbocycles. The number of unbranched alkanes of at least 4 members (excludes halogenated alkanes) is 1. The van der Waals surface area contributed by atoms with E-state index < -0.39 is 60.1 Å². The van der Waals surface area contributed by atoms with Gasteiger partial charge in [-0.15, -0.1) is 0 Å². The molecule has 34 heavy (non-hydrogen) atoms. The second-order valence-electron chi connectivity index (χ2n) is 8.02. The van der Waals surface area contributed by atoms with Crippen LogP contribution in [0.4, 0.5) is 0 Å². The molecule has 6 atom stereocenters. The van der Waals surface area contributed by atoms with Gasteiger partial charge in [0.15, 0.2) is 0 Å². The van der Waals surface area contributed by atoms with Crippen molar-refractivity contribution in [2.75, 3.05) is 6.54 Å². The predicted octanol–water partition coefficient (Wildman–Crippen LogP) is -3.29. The Bertz CT molecular complexity index is 801. The zero-order chi connectivity index (χ0) is 25.8. The molecule has 0 spiro atoms. The largest absolute Gasteiger partial charge is 0.480 e. The summed E-state index contributed by atoms with van der Waals surface area (Å²) in [4.78, 5) is 56.2. The second-order valence-corrected chi connectivity index (χ2v) is 8.02. The highest BCUT2D eigenvalue weighted by Crippen LogP contribution is 2.06. The van der Waals surface area contributed by atoms with Gasteiger partial charge in [0.2, 0.25) is 17.7 Å². The number of aliphatic carboxylic acids is 1. The number of carbonyl (C=O) groups excluding carboxylic acids is 3. The van der Waals surface area contributed by atoms with E-state index in [2.05, 4.69) is 25.9 Å². The first-order chi connectivity index (χ1) is 16.0. The number of hydrogen-bond donors (Lipinski definition) is 9. The minimum Gasteiger partial charge on any atom is -0.480 e. The molecule has 0 fully saturated rings. The van der Waals surface area contributed by atoms with E-state index in [1.807, 2.05) is 0 Å². The third-order valence-electron chi connectivity index (χ3n) is 5.06. The van der Waals surface area contributed by atoms with E-state index in [9.17, 15) is 34.5 Å². The fourth-order valence-corrected chi connectivity index (χ4v) is 2.98. The molecular weight excluding hydrogens is 450 g/mol. The van der Waals surface area contributed by atoms with Gasteiger partial charge in [-0.2, -0.15) is 0 Å². The molecule has 14 heteroatoms. The van der Waals surface area contributed by atoms with Gasteiger partial charge in [0, 0.05) is 18.3 Å². The van der Waals surface area contributed by atoms with Gasteiger partial charge in [0.05, 0.1) is 18.5 Å². The Morgan fingerprint density at radius 2 is 1.65 bits per heavy atom. The van der Waals surface area contributed by atoms with Crippen molar-refractivity contribution in [3.8, 4) is 0 Å². The number of H-pyrrole nitrogens is 1. The monoisotopic (exact) mass is 485 g/mol. The molecule has 14 nitrogen and oxygen atoms in total. The van der Waals surface area contributed by atoms with Gasteiger partial charge in [0.25, 0.3) is 0 Å². The van der Waals surface area contributed by atoms with Gasteiger partial charge >= 0.3 is 5.97 Å². The highest BCUT2D eigenvalue weighted by Gasteiger charge is 2.33. The highest BCUT2D eigenvalue weighted by atomic mass is 16.4. The Kier molecular flexibility index (Phi) is 12.1. The van der Waals surface area contributed by atoms with Crippen LogP contribution in [-0.2, 0) is 25.6 Å². The van der Waals surface area contributed by atoms with Crippen LogP contribution in [0.3, 0.4) is 0 Å². The van der Waals surface area contributed by atoms with Crippen molar-refractivity contribution in [2.45, 2.75) is 75.9 Å². The standard InChI is InChI=1S/C20H35N7O7/c1-10(28)15(22)18(31)27-16(11(2)29)19(32)26-14(7-12-8-23-9-24-12)17(30)25-13(20(33)34)5-3-4-6-21/h8-11,13-16,28-29H,3-7,21-22H2,1-2H3,(H,23,24)(H,25,30)(H,26,32)(H,27,31)(H,33,34). The molecule has 0 radical (unpaired) electrons. The number of carboxylic acid groups (broad SMARTS) is 1. The number of imidazole rings is 1. The normalized spacial score (nSPS) is 16.4. The lowest BCUT2D eigenvalue weighted by Crippen LogP contribution is -2.61. The Morgan fingerprint density at radius 3 is 2.15 bits per heavy atom. The summed E-state index contributed by atoms with van der Waals surface area (Å²) in [6.07, 6.45) is 1.36. The minimum absolute atomic E-state index is 0.0691. The molecule has 11 N–H and O–H groups in total. The van der Waals surface area contributed by atoms with Crippen LogP contribution in [0.15, 0.2) is 12.5 Å². The molecule has 1 heterocycles. The minimum atomic E-state index is -1.49. The van der Waals surface area contributed by atoms with Crippen molar-refractivity contribution in [1.82, 2.24) is 25.9 Å². The van der Waals surface area contributed by atoms with E-state index in [1.165, 1.54) is 26.4 Å². The molecule has 3 amide bonds. The smallest absolute Gasteiger partial charge is 0.326 e. The number of aromatic amines is 1. The highest BCUT2D eigenvalue weighted by molar-refractivity contribution is 5.94. The van der Waals surface area contributed by atoms with Crippen LogP contribution in [0.25, 0.3) is 0 Å². The summed E-state index contributed by atoms with van der Waals surface area (Å²) in [6, 6.07) is -5.29. The molecule has 192 valence electrons. The average molecular weight is 486 g/mol. The van der Waals surface area contributed by atoms with Gasteiger partial charge in [-0.05, 0) is 39.7 Å². The molecular formula is C20H35N7O7. The van der Waals surface area contributed by atoms with E-state index in [0.717, 1.165) is 0 Å². The van der Waals surface area contributed by atoms with Gasteiger partial charge in [-0.1, -0.05) is 0 Å². The average Bonchev–Trinajstić information content (AvgIpc) is 3.28. The molecule has 6 unspecified atom stereocenters. The first-order valence-electron chi connectivity index (χ1n) is 10.9. The number of aliphatic hydroxyl groups excluding tert-OH is 2. The molecule has 1 aromatic rings. The first-order valence-corrected chi connectivity index (χ1v) is 10.9. The topological polar surface area (TPSA) is 246 Å². The van der Waals surface area contributed by atoms with Crippen LogP contribution >= 0.6 is 0 Å². The van der Waals surface area contributed by atoms with Crippen molar-refractivity contribution in [1.29, 1.82) is 0 Å². The van der Waals surface area contributed by atoms with Gasteiger partial charge in [0.1, 0.15) is 24.2 Å². The lowest BCUT2D eigenvalue weighted by Gasteiger charge is -2.26. The Morgan fingerprint density at radius 1 is 1.00 bits per heavy atom. The number of nitrogens with two attached hydrogens (primary N) is 2. The molecule has 0 bridgehead atoms. The number of aromatic nitrogens is 2. The molecule has 0 aliphatic heterocycles. The lowest BCUT2D eigenvalue weighted by molar-refractivity contribution is -0.142. The number of nitrogens with one attached hydrogen (secondary N) is 4. The number of hydrogen-bond acceptors (Lipinski definition) is 9. The fraction of sp³-hybridized carbons (Fsp3) is 0.650. The predicted molar refractivity (Wildman–Crippen MR) is 120 cm³/mol. The van der Waals surface area contributed by atoms with Crippen LogP contribution in [-0.4, -0.2) is 91.9 Å². The van der Waals surface area contributed by atoms with Crippen LogP contribution in [0.1, 0.15) is 38.8 Å². The number of carboxylic acids is 1.